The Morgan fingerprint density at radius 1 is 1.19 bits per heavy atom. The zero-order chi connectivity index (χ0) is 18.3. The molecule has 0 saturated carbocycles. The third kappa shape index (κ3) is 3.82. The minimum Gasteiger partial charge on any atom is -0.344 e. The number of fused-ring (bicyclic) bond motifs is 3. The van der Waals surface area contributed by atoms with Gasteiger partial charge >= 0.3 is 6.18 Å². The Bertz CT molecular complexity index is 935. The van der Waals surface area contributed by atoms with E-state index in [1.807, 2.05) is 25.4 Å². The summed E-state index contributed by atoms with van der Waals surface area (Å²) >= 11 is 0. The highest BCUT2D eigenvalue weighted by Crippen LogP contribution is 2.36. The molecule has 0 spiro atoms. The summed E-state index contributed by atoms with van der Waals surface area (Å²) in [6, 6.07) is 8.06. The number of aromatic nitrogens is 2. The van der Waals surface area contributed by atoms with Gasteiger partial charge in [-0.25, -0.2) is 0 Å². The van der Waals surface area contributed by atoms with Gasteiger partial charge in [-0.15, -0.1) is 12.4 Å². The van der Waals surface area contributed by atoms with Crippen LogP contribution in [-0.4, -0.2) is 28.0 Å². The lowest BCUT2D eigenvalue weighted by molar-refractivity contribution is -0.137. The molecule has 7 heteroatoms. The molecule has 0 bridgehead atoms. The molecule has 4 rings (SSSR count). The van der Waals surface area contributed by atoms with E-state index in [2.05, 4.69) is 14.5 Å². The van der Waals surface area contributed by atoms with E-state index in [4.69, 9.17) is 0 Å². The van der Waals surface area contributed by atoms with Crippen LogP contribution in [0.4, 0.5) is 13.2 Å². The molecule has 2 aromatic heterocycles. The molecular weight excluding hydrogens is 375 g/mol. The summed E-state index contributed by atoms with van der Waals surface area (Å²) < 4.78 is 41.7. The molecule has 0 fully saturated rings. The number of alkyl halides is 3. The number of aryl methyl sites for hydroxylation is 2. The Morgan fingerprint density at radius 2 is 2.00 bits per heavy atom. The van der Waals surface area contributed by atoms with Gasteiger partial charge in [0.2, 0.25) is 0 Å². The lowest BCUT2D eigenvalue weighted by atomic mass is 10.0. The van der Waals surface area contributed by atoms with E-state index in [1.54, 1.807) is 12.3 Å². The molecule has 3 nitrogen and oxygen atoms in total. The third-order valence-electron chi connectivity index (χ3n) is 5.12. The fraction of sp³-hybridized carbons (Fsp3) is 0.350. The van der Waals surface area contributed by atoms with Crippen LogP contribution in [0.2, 0.25) is 0 Å². The van der Waals surface area contributed by atoms with Crippen LogP contribution in [0.15, 0.2) is 42.7 Å². The van der Waals surface area contributed by atoms with E-state index >= 15 is 0 Å². The van der Waals surface area contributed by atoms with Gasteiger partial charge in [0.05, 0.1) is 5.56 Å². The van der Waals surface area contributed by atoms with Gasteiger partial charge in [0.1, 0.15) is 0 Å². The maximum Gasteiger partial charge on any atom is 0.416 e. The molecule has 3 aromatic rings. The van der Waals surface area contributed by atoms with Gasteiger partial charge in [0, 0.05) is 55.0 Å². The summed E-state index contributed by atoms with van der Waals surface area (Å²) in [7, 11) is 2.01. The van der Waals surface area contributed by atoms with Crippen molar-refractivity contribution < 1.29 is 13.2 Å². The van der Waals surface area contributed by atoms with Gasteiger partial charge in [0.25, 0.3) is 0 Å². The van der Waals surface area contributed by atoms with E-state index in [0.29, 0.717) is 6.54 Å². The molecule has 0 saturated heterocycles. The first-order chi connectivity index (χ1) is 12.4. The summed E-state index contributed by atoms with van der Waals surface area (Å²) in [5.74, 6) is 0. The quantitative estimate of drug-likeness (QED) is 0.640. The molecule has 0 amide bonds. The lowest BCUT2D eigenvalue weighted by Crippen LogP contribution is -2.27. The average molecular weight is 396 g/mol. The topological polar surface area (TPSA) is 21.1 Å². The fourth-order valence-electron chi connectivity index (χ4n) is 3.80. The van der Waals surface area contributed by atoms with Crippen LogP contribution in [0, 0.1) is 0 Å². The van der Waals surface area contributed by atoms with Crippen molar-refractivity contribution >= 4 is 23.3 Å². The number of pyridine rings is 1. The predicted octanol–water partition coefficient (Wildman–Crippen LogP) is 4.71. The zero-order valence-corrected chi connectivity index (χ0v) is 15.8. The van der Waals surface area contributed by atoms with Gasteiger partial charge in [-0.1, -0.05) is 6.07 Å². The number of hydrogen-bond donors (Lipinski definition) is 0. The van der Waals surface area contributed by atoms with Gasteiger partial charge < -0.3 is 9.47 Å². The largest absolute Gasteiger partial charge is 0.416 e. The van der Waals surface area contributed by atoms with Crippen LogP contribution >= 0.6 is 12.4 Å². The number of likely N-dealkylation sites (N-methyl/N-ethyl adjacent to an activating group) is 1. The van der Waals surface area contributed by atoms with Gasteiger partial charge in [-0.05, 0) is 48.9 Å². The first-order valence-electron chi connectivity index (χ1n) is 8.72. The van der Waals surface area contributed by atoms with Gasteiger partial charge in [-0.2, -0.15) is 13.2 Å². The standard InChI is InChI=1S/C20H20F3N3.ClH/c1-25-9-7-19-17(13-25)16-11-15(20(21,22)23)4-5-18(16)26(19)10-6-14-3-2-8-24-12-14;/h2-5,8,11-12H,6-7,9-10,13H2,1H3;1H. The number of rotatable bonds is 3. The Morgan fingerprint density at radius 3 is 2.70 bits per heavy atom. The summed E-state index contributed by atoms with van der Waals surface area (Å²) in [6.45, 7) is 2.35. The number of benzene rings is 1. The number of nitrogens with zero attached hydrogens (tertiary/aromatic N) is 3. The Labute approximate surface area is 162 Å². The van der Waals surface area contributed by atoms with Gasteiger partial charge in [0.15, 0.2) is 0 Å². The SMILES string of the molecule is CN1CCc2c(c3cc(C(F)(F)F)ccc3n2CCc2cccnc2)C1.Cl. The Kier molecular flexibility index (Phi) is 5.49. The molecule has 144 valence electrons. The molecule has 27 heavy (non-hydrogen) atoms. The molecular formula is C20H21ClF3N3. The molecule has 0 atom stereocenters. The molecule has 1 aromatic carbocycles. The molecule has 1 aliphatic heterocycles. The van der Waals surface area contributed by atoms with Crippen molar-refractivity contribution in [1.29, 1.82) is 0 Å². The Balaban J connectivity index is 0.00000210. The van der Waals surface area contributed by atoms with Gasteiger partial charge in [-0.3, -0.25) is 4.98 Å². The van der Waals surface area contributed by atoms with Crippen LogP contribution < -0.4 is 0 Å². The van der Waals surface area contributed by atoms with E-state index in [0.717, 1.165) is 48.0 Å². The van der Waals surface area contributed by atoms with Crippen molar-refractivity contribution in [1.82, 2.24) is 14.5 Å². The Hall–Kier alpha value is -2.05. The smallest absolute Gasteiger partial charge is 0.344 e. The minimum absolute atomic E-state index is 0. The zero-order valence-electron chi connectivity index (χ0n) is 15.0. The molecule has 0 unspecified atom stereocenters. The van der Waals surface area contributed by atoms with Crippen molar-refractivity contribution in [3.63, 3.8) is 0 Å². The maximum atomic E-state index is 13.2. The molecule has 0 N–H and O–H groups in total. The summed E-state index contributed by atoms with van der Waals surface area (Å²) in [6.07, 6.45) is 0.924. The normalized spacial score (nSPS) is 14.8. The molecule has 3 heterocycles. The molecule has 1 aliphatic rings. The van der Waals surface area contributed by atoms with Crippen molar-refractivity contribution in [2.24, 2.45) is 0 Å². The highest BCUT2D eigenvalue weighted by Gasteiger charge is 2.32. The van der Waals surface area contributed by atoms with Crippen LogP contribution in [0.25, 0.3) is 10.9 Å². The van der Waals surface area contributed by atoms with E-state index in [1.165, 1.54) is 17.8 Å². The third-order valence-corrected chi connectivity index (χ3v) is 5.12. The maximum absolute atomic E-state index is 13.2. The fourth-order valence-corrected chi connectivity index (χ4v) is 3.80. The predicted molar refractivity (Wildman–Crippen MR) is 102 cm³/mol. The van der Waals surface area contributed by atoms with E-state index in [9.17, 15) is 13.2 Å². The van der Waals surface area contributed by atoms with Crippen molar-refractivity contribution in [3.05, 3.63) is 65.1 Å². The highest BCUT2D eigenvalue weighted by atomic mass is 35.5. The van der Waals surface area contributed by atoms with E-state index in [-0.39, 0.29) is 12.4 Å². The second kappa shape index (κ2) is 7.52. The molecule has 0 radical (unpaired) electrons. The number of halogens is 4. The second-order valence-electron chi connectivity index (χ2n) is 6.91. The monoisotopic (exact) mass is 395 g/mol. The second-order valence-corrected chi connectivity index (χ2v) is 6.91. The highest BCUT2D eigenvalue weighted by molar-refractivity contribution is 5.86. The van der Waals surface area contributed by atoms with Crippen molar-refractivity contribution in [3.8, 4) is 0 Å². The van der Waals surface area contributed by atoms with Crippen LogP contribution in [0.5, 0.6) is 0 Å². The van der Waals surface area contributed by atoms with Crippen LogP contribution in [-0.2, 0) is 32.1 Å². The minimum atomic E-state index is -4.32. The summed E-state index contributed by atoms with van der Waals surface area (Å²) in [4.78, 5) is 6.30. The van der Waals surface area contributed by atoms with Crippen LogP contribution in [0.1, 0.15) is 22.4 Å². The van der Waals surface area contributed by atoms with Crippen LogP contribution in [0.3, 0.4) is 0 Å². The van der Waals surface area contributed by atoms with Crippen molar-refractivity contribution in [2.45, 2.75) is 32.1 Å². The molecule has 0 aliphatic carbocycles. The average Bonchev–Trinajstić information content (AvgIpc) is 2.92. The van der Waals surface area contributed by atoms with E-state index < -0.39 is 11.7 Å². The van der Waals surface area contributed by atoms with Crippen molar-refractivity contribution in [2.75, 3.05) is 13.6 Å². The number of hydrogen-bond acceptors (Lipinski definition) is 2. The lowest BCUT2D eigenvalue weighted by Gasteiger charge is -2.24. The summed E-state index contributed by atoms with van der Waals surface area (Å²) in [5, 5.41) is 0.729. The summed E-state index contributed by atoms with van der Waals surface area (Å²) in [5.41, 5.74) is 3.64. The first kappa shape index (κ1) is 19.7. The first-order valence-corrected chi connectivity index (χ1v) is 8.72.